The Labute approximate surface area is 203 Å². The maximum Gasteiger partial charge on any atom is 0.267 e. The summed E-state index contributed by atoms with van der Waals surface area (Å²) in [6.45, 7) is 2.89. The van der Waals surface area contributed by atoms with Crippen LogP contribution in [0.5, 0.6) is 5.75 Å². The molecule has 0 bridgehead atoms. The van der Waals surface area contributed by atoms with Crippen LogP contribution in [-0.4, -0.2) is 53.5 Å². The number of rotatable bonds is 10. The SMILES string of the molecule is COc1ccc(CCNC(=O)c2cc3c(NCCNC(C)=O)nc(-c4ccccc4)nc3[nH]2)cc1. The van der Waals surface area contributed by atoms with Crippen molar-refractivity contribution >= 4 is 28.7 Å². The second-order valence-corrected chi connectivity index (χ2v) is 7.97. The van der Waals surface area contributed by atoms with Crippen molar-refractivity contribution in [3.63, 3.8) is 0 Å². The third-order valence-electron chi connectivity index (χ3n) is 5.41. The smallest absolute Gasteiger partial charge is 0.267 e. The summed E-state index contributed by atoms with van der Waals surface area (Å²) in [6.07, 6.45) is 0.698. The van der Waals surface area contributed by atoms with Crippen LogP contribution in [0.3, 0.4) is 0 Å². The summed E-state index contributed by atoms with van der Waals surface area (Å²) < 4.78 is 5.18. The number of aromatic nitrogens is 3. The summed E-state index contributed by atoms with van der Waals surface area (Å²) >= 11 is 0. The van der Waals surface area contributed by atoms with Crippen molar-refractivity contribution in [1.29, 1.82) is 0 Å². The van der Waals surface area contributed by atoms with E-state index in [1.807, 2.05) is 54.6 Å². The van der Waals surface area contributed by atoms with E-state index in [1.165, 1.54) is 6.92 Å². The number of hydrogen-bond donors (Lipinski definition) is 4. The van der Waals surface area contributed by atoms with Crippen molar-refractivity contribution in [2.24, 2.45) is 0 Å². The average Bonchev–Trinajstić information content (AvgIpc) is 3.32. The number of benzene rings is 2. The van der Waals surface area contributed by atoms with Crippen molar-refractivity contribution < 1.29 is 14.3 Å². The highest BCUT2D eigenvalue weighted by Crippen LogP contribution is 2.25. The molecule has 2 aromatic heterocycles. The van der Waals surface area contributed by atoms with E-state index in [4.69, 9.17) is 4.74 Å². The Morgan fingerprint density at radius 3 is 2.43 bits per heavy atom. The van der Waals surface area contributed by atoms with Gasteiger partial charge in [-0.15, -0.1) is 0 Å². The molecule has 4 aromatic rings. The van der Waals surface area contributed by atoms with Crippen molar-refractivity contribution in [2.45, 2.75) is 13.3 Å². The van der Waals surface area contributed by atoms with Crippen LogP contribution in [0.25, 0.3) is 22.4 Å². The van der Waals surface area contributed by atoms with E-state index >= 15 is 0 Å². The highest BCUT2D eigenvalue weighted by atomic mass is 16.5. The molecule has 0 radical (unpaired) electrons. The Bertz CT molecular complexity index is 1300. The van der Waals surface area contributed by atoms with E-state index in [9.17, 15) is 9.59 Å². The number of carbonyl (C=O) groups excluding carboxylic acids is 2. The largest absolute Gasteiger partial charge is 0.497 e. The molecule has 2 aromatic carbocycles. The van der Waals surface area contributed by atoms with Gasteiger partial charge in [-0.05, 0) is 30.2 Å². The molecule has 0 atom stereocenters. The third kappa shape index (κ3) is 6.14. The fourth-order valence-corrected chi connectivity index (χ4v) is 3.61. The molecular formula is C26H28N6O3. The highest BCUT2D eigenvalue weighted by Gasteiger charge is 2.16. The van der Waals surface area contributed by atoms with Crippen LogP contribution in [0.1, 0.15) is 23.0 Å². The Kier molecular flexibility index (Phi) is 7.57. The Hall–Kier alpha value is -4.40. The van der Waals surface area contributed by atoms with Gasteiger partial charge in [0, 0.05) is 32.1 Å². The van der Waals surface area contributed by atoms with E-state index in [1.54, 1.807) is 13.2 Å². The van der Waals surface area contributed by atoms with Crippen molar-refractivity contribution in [3.05, 3.63) is 71.9 Å². The molecule has 9 nitrogen and oxygen atoms in total. The van der Waals surface area contributed by atoms with Gasteiger partial charge in [0.25, 0.3) is 5.91 Å². The molecular weight excluding hydrogens is 444 g/mol. The van der Waals surface area contributed by atoms with Crippen molar-refractivity contribution in [1.82, 2.24) is 25.6 Å². The minimum atomic E-state index is -0.220. The van der Waals surface area contributed by atoms with Gasteiger partial charge in [-0.3, -0.25) is 9.59 Å². The molecule has 2 amide bonds. The number of nitrogens with one attached hydrogen (secondary N) is 4. The second-order valence-electron chi connectivity index (χ2n) is 7.97. The zero-order valence-corrected chi connectivity index (χ0v) is 19.7. The zero-order valence-electron chi connectivity index (χ0n) is 19.7. The van der Waals surface area contributed by atoms with Gasteiger partial charge in [-0.1, -0.05) is 42.5 Å². The first kappa shape index (κ1) is 23.7. The quantitative estimate of drug-likeness (QED) is 0.263. The summed E-state index contributed by atoms with van der Waals surface area (Å²) in [5, 5.41) is 9.66. The van der Waals surface area contributed by atoms with Gasteiger partial charge in [-0.25, -0.2) is 9.97 Å². The molecule has 0 fully saturated rings. The van der Waals surface area contributed by atoms with Crippen molar-refractivity contribution in [2.75, 3.05) is 32.1 Å². The molecule has 35 heavy (non-hydrogen) atoms. The Morgan fingerprint density at radius 1 is 0.943 bits per heavy atom. The molecule has 0 unspecified atom stereocenters. The van der Waals surface area contributed by atoms with Crippen LogP contribution in [0.2, 0.25) is 0 Å². The third-order valence-corrected chi connectivity index (χ3v) is 5.41. The number of methoxy groups -OCH3 is 1. The Morgan fingerprint density at radius 2 is 1.71 bits per heavy atom. The monoisotopic (exact) mass is 472 g/mol. The first-order valence-corrected chi connectivity index (χ1v) is 11.4. The molecule has 2 heterocycles. The standard InChI is InChI=1S/C26H28N6O3/c1-17(33)27-14-15-28-24-21-16-22(26(34)29-13-12-18-8-10-20(35-2)11-9-18)30-25(21)32-23(31-24)19-6-4-3-5-7-19/h3-11,16H,12-15H2,1-2H3,(H,27,33)(H,29,34)(H2,28,30,31,32). The molecule has 0 spiro atoms. The van der Waals surface area contributed by atoms with Gasteiger partial charge < -0.3 is 25.7 Å². The number of H-pyrrole nitrogens is 1. The average molecular weight is 473 g/mol. The number of aromatic amines is 1. The van der Waals surface area contributed by atoms with Gasteiger partial charge in [0.05, 0.1) is 12.5 Å². The molecule has 9 heteroatoms. The molecule has 4 N–H and O–H groups in total. The van der Waals surface area contributed by atoms with Crippen LogP contribution < -0.4 is 20.7 Å². The normalized spacial score (nSPS) is 10.7. The minimum absolute atomic E-state index is 0.0974. The lowest BCUT2D eigenvalue weighted by Gasteiger charge is -2.09. The number of hydrogen-bond acceptors (Lipinski definition) is 6. The van der Waals surface area contributed by atoms with Gasteiger partial charge in [0.2, 0.25) is 5.91 Å². The van der Waals surface area contributed by atoms with Gasteiger partial charge in [0.1, 0.15) is 22.9 Å². The summed E-state index contributed by atoms with van der Waals surface area (Å²) in [7, 11) is 1.63. The first-order valence-electron chi connectivity index (χ1n) is 11.4. The van der Waals surface area contributed by atoms with Crippen LogP contribution in [0, 0.1) is 0 Å². The Balaban J connectivity index is 1.51. The second kappa shape index (κ2) is 11.1. The van der Waals surface area contributed by atoms with Gasteiger partial charge in [-0.2, -0.15) is 0 Å². The maximum absolute atomic E-state index is 12.8. The number of anilines is 1. The molecule has 0 aliphatic carbocycles. The minimum Gasteiger partial charge on any atom is -0.497 e. The summed E-state index contributed by atoms with van der Waals surface area (Å²) in [6, 6.07) is 19.1. The summed E-state index contributed by atoms with van der Waals surface area (Å²) in [5.74, 6) is 1.61. The predicted molar refractivity (Wildman–Crippen MR) is 136 cm³/mol. The van der Waals surface area contributed by atoms with Crippen LogP contribution in [-0.2, 0) is 11.2 Å². The number of fused-ring (bicyclic) bond motifs is 1. The lowest BCUT2D eigenvalue weighted by atomic mass is 10.1. The fourth-order valence-electron chi connectivity index (χ4n) is 3.61. The number of nitrogens with zero attached hydrogens (tertiary/aromatic N) is 2. The number of carbonyl (C=O) groups is 2. The van der Waals surface area contributed by atoms with Crippen LogP contribution >= 0.6 is 0 Å². The lowest BCUT2D eigenvalue weighted by Crippen LogP contribution is -2.26. The van der Waals surface area contributed by atoms with E-state index in [2.05, 4.69) is 30.9 Å². The van der Waals surface area contributed by atoms with E-state index in [0.29, 0.717) is 54.4 Å². The highest BCUT2D eigenvalue weighted by molar-refractivity contribution is 6.00. The zero-order chi connectivity index (χ0) is 24.6. The van der Waals surface area contributed by atoms with Crippen LogP contribution in [0.15, 0.2) is 60.7 Å². The van der Waals surface area contributed by atoms with Gasteiger partial charge >= 0.3 is 0 Å². The first-order chi connectivity index (χ1) is 17.0. The topological polar surface area (TPSA) is 121 Å². The fraction of sp³-hybridized carbons (Fsp3) is 0.231. The van der Waals surface area contributed by atoms with E-state index in [-0.39, 0.29) is 11.8 Å². The van der Waals surface area contributed by atoms with Crippen molar-refractivity contribution in [3.8, 4) is 17.1 Å². The summed E-state index contributed by atoms with van der Waals surface area (Å²) in [4.78, 5) is 36.4. The predicted octanol–water partition coefficient (Wildman–Crippen LogP) is 3.15. The van der Waals surface area contributed by atoms with E-state index < -0.39 is 0 Å². The van der Waals surface area contributed by atoms with E-state index in [0.717, 1.165) is 16.9 Å². The molecule has 180 valence electrons. The maximum atomic E-state index is 12.8. The number of ether oxygens (including phenoxy) is 1. The molecule has 0 saturated heterocycles. The molecule has 4 rings (SSSR count). The lowest BCUT2D eigenvalue weighted by molar-refractivity contribution is -0.118. The molecule has 0 aliphatic heterocycles. The van der Waals surface area contributed by atoms with Gasteiger partial charge in [0.15, 0.2) is 5.82 Å². The van der Waals surface area contributed by atoms with Crippen LogP contribution in [0.4, 0.5) is 5.82 Å². The summed E-state index contributed by atoms with van der Waals surface area (Å²) in [5.41, 5.74) is 2.92. The number of amides is 2. The molecule has 0 aliphatic rings. The molecule has 0 saturated carbocycles.